The van der Waals surface area contributed by atoms with Crippen LogP contribution in [0.3, 0.4) is 0 Å². The smallest absolute Gasteiger partial charge is 0.220 e. The van der Waals surface area contributed by atoms with Crippen molar-refractivity contribution in [3.05, 3.63) is 12.2 Å². The molecule has 2 aliphatic heterocycles. The molecule has 2 fully saturated rings. The molecule has 2 rings (SSSR count). The average molecular weight is 1040 g/mol. The third-order valence-electron chi connectivity index (χ3n) is 15.2. The summed E-state index contributed by atoms with van der Waals surface area (Å²) in [6.07, 6.45) is 35.5. The summed E-state index contributed by atoms with van der Waals surface area (Å²) >= 11 is 0. The van der Waals surface area contributed by atoms with Gasteiger partial charge in [-0.05, 0) is 19.3 Å². The van der Waals surface area contributed by atoms with Gasteiger partial charge in [0, 0.05) is 6.42 Å². The van der Waals surface area contributed by atoms with E-state index in [0.29, 0.717) is 6.42 Å². The first-order valence-electron chi connectivity index (χ1n) is 30.4. The molecule has 4 unspecified atom stereocenters. The largest absolute Gasteiger partial charge is 0.394 e. The first-order valence-corrected chi connectivity index (χ1v) is 30.4. The Hall–Kier alpha value is -1.27. The van der Waals surface area contributed by atoms with Crippen molar-refractivity contribution in [1.82, 2.24) is 5.32 Å². The molecule has 0 bridgehead atoms. The second kappa shape index (κ2) is 45.7. The number of carbonyl (C=O) groups is 1. The highest BCUT2D eigenvalue weighted by Gasteiger charge is 2.51. The molecule has 14 nitrogen and oxygen atoms in total. The summed E-state index contributed by atoms with van der Waals surface area (Å²) < 4.78 is 22.8. The summed E-state index contributed by atoms with van der Waals surface area (Å²) in [5.41, 5.74) is 0. The molecule has 0 aromatic rings. The predicted molar refractivity (Wildman–Crippen MR) is 291 cm³/mol. The van der Waals surface area contributed by atoms with E-state index >= 15 is 0 Å². The Balaban J connectivity index is 1.69. The number of aliphatic hydroxyl groups excluding tert-OH is 8. The van der Waals surface area contributed by atoms with Gasteiger partial charge in [0.2, 0.25) is 5.91 Å². The first kappa shape index (κ1) is 67.8. The van der Waals surface area contributed by atoms with Crippen molar-refractivity contribution < 1.29 is 64.6 Å². The summed E-state index contributed by atoms with van der Waals surface area (Å²) in [5, 5.41) is 87.0. The van der Waals surface area contributed by atoms with Crippen LogP contribution in [0.5, 0.6) is 0 Å². The highest BCUT2D eigenvalue weighted by molar-refractivity contribution is 5.76. The van der Waals surface area contributed by atoms with Gasteiger partial charge in [-0.3, -0.25) is 4.79 Å². The lowest BCUT2D eigenvalue weighted by atomic mass is 9.97. The first-order chi connectivity index (χ1) is 35.6. The molecule has 0 aromatic carbocycles. The Morgan fingerprint density at radius 1 is 0.479 bits per heavy atom. The van der Waals surface area contributed by atoms with Gasteiger partial charge in [0.15, 0.2) is 12.6 Å². The molecule has 2 aliphatic rings. The second-order valence-electron chi connectivity index (χ2n) is 21.8. The van der Waals surface area contributed by atoms with E-state index in [1.54, 1.807) is 6.08 Å². The highest BCUT2D eigenvalue weighted by atomic mass is 16.7. The van der Waals surface area contributed by atoms with Crippen LogP contribution in [0.4, 0.5) is 0 Å². The van der Waals surface area contributed by atoms with Gasteiger partial charge in [-0.15, -0.1) is 0 Å². The fraction of sp³-hybridized carbons (Fsp3) is 0.949. The minimum absolute atomic E-state index is 0.234. The molecule has 432 valence electrons. The number of nitrogens with one attached hydrogen (secondary N) is 1. The molecule has 0 aromatic heterocycles. The van der Waals surface area contributed by atoms with Crippen LogP contribution in [0.25, 0.3) is 0 Å². The van der Waals surface area contributed by atoms with Gasteiger partial charge in [-0.2, -0.15) is 0 Å². The Labute approximate surface area is 444 Å². The molecule has 2 saturated heterocycles. The number of rotatable bonds is 49. The Bertz CT molecular complexity index is 1280. The Kier molecular flexibility index (Phi) is 42.5. The summed E-state index contributed by atoms with van der Waals surface area (Å²) in [6, 6.07) is -0.909. The molecular weight excluding hydrogens is 931 g/mol. The molecule has 9 N–H and O–H groups in total. The van der Waals surface area contributed by atoms with Crippen LogP contribution >= 0.6 is 0 Å². The number of ether oxygens (including phenoxy) is 4. The molecule has 0 saturated carbocycles. The lowest BCUT2D eigenvalue weighted by Gasteiger charge is -2.46. The van der Waals surface area contributed by atoms with Crippen LogP contribution in [0.15, 0.2) is 12.2 Å². The maximum atomic E-state index is 13.2. The van der Waals surface area contributed by atoms with Crippen LogP contribution in [-0.2, 0) is 23.7 Å². The standard InChI is InChI=1S/C59H113NO13/c1-3-5-7-9-11-13-15-17-18-19-20-21-22-23-24-25-26-27-28-29-31-33-35-37-39-41-43-51(64)60-47(48(63)42-40-38-36-34-32-30-16-14-12-10-8-6-4-2)46-70-58-56(69)54(67)57(50(45-62)72-58)73-59-55(68)53(66)52(65)49(44-61)71-59/h40,42,47-50,52-59,61-63,65-69H,3-39,41,43-46H2,1-2H3,(H,60,64)/b42-40+/t47-,48+,49+,50+,52-,53?,54?,55?,56?,57+,58+,59-/m0/s1. The fourth-order valence-corrected chi connectivity index (χ4v) is 10.3. The molecule has 0 spiro atoms. The van der Waals surface area contributed by atoms with Crippen molar-refractivity contribution in [1.29, 1.82) is 0 Å². The van der Waals surface area contributed by atoms with Crippen molar-refractivity contribution >= 4 is 5.91 Å². The van der Waals surface area contributed by atoms with Gasteiger partial charge >= 0.3 is 0 Å². The van der Waals surface area contributed by atoms with Crippen LogP contribution in [0.2, 0.25) is 0 Å². The molecular formula is C59H113NO13. The zero-order valence-electron chi connectivity index (χ0n) is 46.4. The van der Waals surface area contributed by atoms with Crippen LogP contribution in [0, 0.1) is 0 Å². The minimum atomic E-state index is -1.78. The number of allylic oxidation sites excluding steroid dienone is 1. The zero-order valence-corrected chi connectivity index (χ0v) is 46.4. The van der Waals surface area contributed by atoms with Crippen molar-refractivity contribution in [2.24, 2.45) is 0 Å². The maximum Gasteiger partial charge on any atom is 0.220 e. The van der Waals surface area contributed by atoms with Crippen molar-refractivity contribution in [2.45, 2.75) is 338 Å². The number of amides is 1. The molecule has 1 amide bonds. The van der Waals surface area contributed by atoms with E-state index in [1.807, 2.05) is 6.08 Å². The van der Waals surface area contributed by atoms with Gasteiger partial charge in [0.1, 0.15) is 48.8 Å². The summed E-state index contributed by atoms with van der Waals surface area (Å²) in [7, 11) is 0. The average Bonchev–Trinajstić information content (AvgIpc) is 3.39. The number of aliphatic hydroxyl groups is 8. The van der Waals surface area contributed by atoms with Crippen LogP contribution < -0.4 is 5.32 Å². The van der Waals surface area contributed by atoms with E-state index in [0.717, 1.165) is 38.5 Å². The Morgan fingerprint density at radius 3 is 1.26 bits per heavy atom. The van der Waals surface area contributed by atoms with Crippen molar-refractivity contribution in [2.75, 3.05) is 19.8 Å². The Morgan fingerprint density at radius 2 is 0.849 bits per heavy atom. The summed E-state index contributed by atoms with van der Waals surface area (Å²) in [6.45, 7) is 2.82. The second-order valence-corrected chi connectivity index (χ2v) is 21.8. The molecule has 0 radical (unpaired) electrons. The molecule has 0 aliphatic carbocycles. The van der Waals surface area contributed by atoms with Gasteiger partial charge in [-0.25, -0.2) is 0 Å². The SMILES string of the molecule is CCCCCCCCCCCCC/C=C/[C@@H](O)[C@H](CO[C@@H]1O[C@H](CO)[C@@H](O[C@@H]2O[C@H](CO)[C@H](O)C(O)C2O)C(O)C1O)NC(=O)CCCCCCCCCCCCCCCCCCCCCCCCCCCC. The molecule has 12 atom stereocenters. The monoisotopic (exact) mass is 1040 g/mol. The molecule has 73 heavy (non-hydrogen) atoms. The van der Waals surface area contributed by atoms with Crippen molar-refractivity contribution in [3.63, 3.8) is 0 Å². The van der Waals surface area contributed by atoms with Crippen molar-refractivity contribution in [3.8, 4) is 0 Å². The van der Waals surface area contributed by atoms with Gasteiger partial charge in [0.05, 0.1) is 32.0 Å². The summed E-state index contributed by atoms with van der Waals surface area (Å²) in [4.78, 5) is 13.2. The van der Waals surface area contributed by atoms with Gasteiger partial charge < -0.3 is 65.1 Å². The third-order valence-corrected chi connectivity index (χ3v) is 15.2. The number of carbonyl (C=O) groups excluding carboxylic acids is 1. The van der Waals surface area contributed by atoms with E-state index in [9.17, 15) is 45.6 Å². The quantitative estimate of drug-likeness (QED) is 0.0204. The topological polar surface area (TPSA) is 228 Å². The van der Waals surface area contributed by atoms with E-state index < -0.39 is 86.8 Å². The molecule has 2 heterocycles. The minimum Gasteiger partial charge on any atom is -0.394 e. The van der Waals surface area contributed by atoms with E-state index in [1.165, 1.54) is 199 Å². The number of unbranched alkanes of at least 4 members (excludes halogenated alkanes) is 36. The van der Waals surface area contributed by atoms with Crippen LogP contribution in [0.1, 0.15) is 264 Å². The maximum absolute atomic E-state index is 13.2. The molecule has 14 heteroatoms. The van der Waals surface area contributed by atoms with E-state index in [2.05, 4.69) is 19.2 Å². The third kappa shape index (κ3) is 31.7. The lowest BCUT2D eigenvalue weighted by molar-refractivity contribution is -0.359. The normalized spacial score (nSPS) is 25.4. The zero-order chi connectivity index (χ0) is 53.2. The highest BCUT2D eigenvalue weighted by Crippen LogP contribution is 2.30. The van der Waals surface area contributed by atoms with Gasteiger partial charge in [-0.1, -0.05) is 251 Å². The fourth-order valence-electron chi connectivity index (χ4n) is 10.3. The number of hydrogen-bond acceptors (Lipinski definition) is 13. The van der Waals surface area contributed by atoms with Gasteiger partial charge in [0.25, 0.3) is 0 Å². The summed E-state index contributed by atoms with van der Waals surface area (Å²) in [5.74, 6) is -0.234. The van der Waals surface area contributed by atoms with Crippen LogP contribution in [-0.4, -0.2) is 140 Å². The lowest BCUT2D eigenvalue weighted by Crippen LogP contribution is -2.65. The van der Waals surface area contributed by atoms with E-state index in [-0.39, 0.29) is 18.9 Å². The number of hydrogen-bond donors (Lipinski definition) is 9. The predicted octanol–water partition coefficient (Wildman–Crippen LogP) is 10.3. The van der Waals surface area contributed by atoms with E-state index in [4.69, 9.17) is 18.9 Å².